The Morgan fingerprint density at radius 3 is 2.12 bits per heavy atom. The summed E-state index contributed by atoms with van der Waals surface area (Å²) in [4.78, 5) is 16.0. The van der Waals surface area contributed by atoms with E-state index in [-0.39, 0.29) is 6.03 Å². The van der Waals surface area contributed by atoms with Gasteiger partial charge in [0, 0.05) is 0 Å². The summed E-state index contributed by atoms with van der Waals surface area (Å²) in [6.45, 7) is 0.556. The van der Waals surface area contributed by atoms with Crippen molar-refractivity contribution in [2.75, 3.05) is 9.21 Å². The Labute approximate surface area is 145 Å². The van der Waals surface area contributed by atoms with Gasteiger partial charge in [0.05, 0.1) is 22.8 Å². The first kappa shape index (κ1) is 14.8. The summed E-state index contributed by atoms with van der Waals surface area (Å²) >= 11 is 1.47. The molecule has 0 radical (unpaired) electrons. The Hall–Kier alpha value is -2.72. The lowest BCUT2D eigenvalue weighted by Crippen LogP contribution is -2.42. The molecule has 1 heterocycles. The highest BCUT2D eigenvalue weighted by atomic mass is 32.2. The first-order chi connectivity index (χ1) is 11.8. The summed E-state index contributed by atoms with van der Waals surface area (Å²) in [5.74, 6) is 0. The summed E-state index contributed by atoms with van der Waals surface area (Å²) in [5, 5.41) is 0. The number of para-hydroxylation sites is 2. The number of nitrogens with zero attached hydrogens (tertiary/aromatic N) is 2. The van der Waals surface area contributed by atoms with Crippen molar-refractivity contribution in [3.05, 3.63) is 90.5 Å². The molecular formula is C20H16N2OS. The van der Waals surface area contributed by atoms with Crippen LogP contribution in [0.15, 0.2) is 89.8 Å². The monoisotopic (exact) mass is 332 g/mol. The highest BCUT2D eigenvalue weighted by Crippen LogP contribution is 2.41. The first-order valence-electron chi connectivity index (χ1n) is 7.80. The van der Waals surface area contributed by atoms with Crippen LogP contribution in [0.5, 0.6) is 0 Å². The van der Waals surface area contributed by atoms with Crippen molar-refractivity contribution in [1.82, 2.24) is 0 Å². The van der Waals surface area contributed by atoms with Gasteiger partial charge < -0.3 is 0 Å². The van der Waals surface area contributed by atoms with E-state index in [2.05, 4.69) is 6.07 Å². The fourth-order valence-corrected chi connectivity index (χ4v) is 3.76. The van der Waals surface area contributed by atoms with E-state index in [0.29, 0.717) is 6.54 Å². The van der Waals surface area contributed by atoms with Crippen molar-refractivity contribution in [2.24, 2.45) is 0 Å². The zero-order valence-corrected chi connectivity index (χ0v) is 13.8. The van der Waals surface area contributed by atoms with Crippen LogP contribution in [0, 0.1) is 0 Å². The molecule has 3 aromatic carbocycles. The lowest BCUT2D eigenvalue weighted by atomic mass is 10.2. The molecule has 1 aliphatic heterocycles. The van der Waals surface area contributed by atoms with E-state index in [4.69, 9.17) is 0 Å². The largest absolute Gasteiger partial charge is 0.339 e. The van der Waals surface area contributed by atoms with Crippen molar-refractivity contribution < 1.29 is 4.79 Å². The number of amides is 2. The van der Waals surface area contributed by atoms with Crippen molar-refractivity contribution >= 4 is 29.4 Å². The number of fused-ring (bicyclic) bond motifs is 1. The molecule has 0 unspecified atom stereocenters. The molecule has 0 fully saturated rings. The number of carbonyl (C=O) groups is 1. The van der Waals surface area contributed by atoms with Gasteiger partial charge in [-0.1, -0.05) is 60.7 Å². The fourth-order valence-electron chi connectivity index (χ4n) is 2.75. The molecule has 24 heavy (non-hydrogen) atoms. The van der Waals surface area contributed by atoms with E-state index < -0.39 is 0 Å². The highest BCUT2D eigenvalue weighted by Gasteiger charge is 2.32. The molecule has 4 heteroatoms. The van der Waals surface area contributed by atoms with Gasteiger partial charge in [0.15, 0.2) is 0 Å². The Balaban J connectivity index is 1.74. The molecule has 0 aliphatic carbocycles. The fraction of sp³-hybridized carbons (Fsp3) is 0.0500. The SMILES string of the molecule is O=C1N(Cc2ccccc2)c2ccccc2SN1c1ccccc1. The zero-order valence-electron chi connectivity index (χ0n) is 13.0. The van der Waals surface area contributed by atoms with E-state index in [9.17, 15) is 4.79 Å². The molecule has 2 amide bonds. The molecule has 3 nitrogen and oxygen atoms in total. The lowest BCUT2D eigenvalue weighted by Gasteiger charge is -2.35. The number of rotatable bonds is 3. The molecule has 0 aromatic heterocycles. The topological polar surface area (TPSA) is 23.6 Å². The van der Waals surface area contributed by atoms with Crippen molar-refractivity contribution in [3.8, 4) is 0 Å². The standard InChI is InChI=1S/C20H16N2OS/c23-20-21(15-16-9-3-1-4-10-16)18-13-7-8-14-19(18)24-22(20)17-11-5-2-6-12-17/h1-14H,15H2. The molecule has 0 saturated heterocycles. The van der Waals surface area contributed by atoms with Gasteiger partial charge in [-0.3, -0.25) is 4.90 Å². The van der Waals surface area contributed by atoms with Gasteiger partial charge in [0.1, 0.15) is 0 Å². The van der Waals surface area contributed by atoms with Crippen molar-refractivity contribution in [1.29, 1.82) is 0 Å². The van der Waals surface area contributed by atoms with Crippen molar-refractivity contribution in [2.45, 2.75) is 11.4 Å². The van der Waals surface area contributed by atoms with Crippen LogP contribution < -0.4 is 9.21 Å². The van der Waals surface area contributed by atoms with E-state index >= 15 is 0 Å². The van der Waals surface area contributed by atoms with Crippen LogP contribution in [0.3, 0.4) is 0 Å². The predicted octanol–water partition coefficient (Wildman–Crippen LogP) is 5.34. The van der Waals surface area contributed by atoms with E-state index in [0.717, 1.165) is 21.8 Å². The highest BCUT2D eigenvalue weighted by molar-refractivity contribution is 8.01. The first-order valence-corrected chi connectivity index (χ1v) is 8.58. The molecule has 0 spiro atoms. The van der Waals surface area contributed by atoms with Gasteiger partial charge in [-0.25, -0.2) is 9.10 Å². The third kappa shape index (κ3) is 2.76. The number of hydrogen-bond acceptors (Lipinski definition) is 2. The van der Waals surface area contributed by atoms with E-state index in [1.807, 2.05) is 83.8 Å². The van der Waals surface area contributed by atoms with Crippen LogP contribution in [0.4, 0.5) is 16.2 Å². The molecule has 1 aliphatic rings. The molecule has 0 bridgehead atoms. The Bertz CT molecular complexity index is 852. The Kier molecular flexibility index (Phi) is 3.97. The van der Waals surface area contributed by atoms with Crippen LogP contribution in [-0.4, -0.2) is 6.03 Å². The summed E-state index contributed by atoms with van der Waals surface area (Å²) in [7, 11) is 0. The average Bonchev–Trinajstić information content (AvgIpc) is 2.65. The zero-order chi connectivity index (χ0) is 16.4. The smallest absolute Gasteiger partial charge is 0.288 e. The third-order valence-corrected chi connectivity index (χ3v) is 5.02. The average molecular weight is 332 g/mol. The molecule has 4 rings (SSSR count). The summed E-state index contributed by atoms with van der Waals surface area (Å²) < 4.78 is 1.76. The molecule has 3 aromatic rings. The normalized spacial score (nSPS) is 13.8. The van der Waals surface area contributed by atoms with Gasteiger partial charge in [-0.15, -0.1) is 0 Å². The quantitative estimate of drug-likeness (QED) is 0.604. The number of urea groups is 1. The maximum atomic E-state index is 13.1. The van der Waals surface area contributed by atoms with Crippen LogP contribution in [0.25, 0.3) is 0 Å². The molecular weight excluding hydrogens is 316 g/mol. The molecule has 0 N–H and O–H groups in total. The second kappa shape index (κ2) is 6.42. The third-order valence-electron chi connectivity index (χ3n) is 3.92. The van der Waals surface area contributed by atoms with Gasteiger partial charge in [-0.2, -0.15) is 0 Å². The number of hydrogen-bond donors (Lipinski definition) is 0. The summed E-state index contributed by atoms with van der Waals surface area (Å²) in [6.07, 6.45) is 0. The second-order valence-electron chi connectivity index (χ2n) is 5.54. The minimum atomic E-state index is -0.0197. The van der Waals surface area contributed by atoms with Crippen LogP contribution in [-0.2, 0) is 6.54 Å². The maximum Gasteiger partial charge on any atom is 0.339 e. The molecule has 0 atom stereocenters. The number of anilines is 2. The van der Waals surface area contributed by atoms with Crippen LogP contribution in [0.2, 0.25) is 0 Å². The van der Waals surface area contributed by atoms with Crippen LogP contribution in [0.1, 0.15) is 5.56 Å². The summed E-state index contributed by atoms with van der Waals surface area (Å²) in [6, 6.07) is 27.9. The Morgan fingerprint density at radius 2 is 1.38 bits per heavy atom. The number of benzene rings is 3. The minimum absolute atomic E-state index is 0.0197. The summed E-state index contributed by atoms with van der Waals surface area (Å²) in [5.41, 5.74) is 2.96. The van der Waals surface area contributed by atoms with Crippen molar-refractivity contribution in [3.63, 3.8) is 0 Å². The maximum absolute atomic E-state index is 13.1. The molecule has 0 saturated carbocycles. The Morgan fingerprint density at radius 1 is 0.750 bits per heavy atom. The number of carbonyl (C=O) groups excluding carboxylic acids is 1. The van der Waals surface area contributed by atoms with Crippen LogP contribution >= 0.6 is 11.9 Å². The van der Waals surface area contributed by atoms with Gasteiger partial charge in [0.25, 0.3) is 0 Å². The minimum Gasteiger partial charge on any atom is -0.288 e. The van der Waals surface area contributed by atoms with E-state index in [1.165, 1.54) is 11.9 Å². The molecule has 118 valence electrons. The lowest BCUT2D eigenvalue weighted by molar-refractivity contribution is 0.254. The van der Waals surface area contributed by atoms with Gasteiger partial charge in [-0.05, 0) is 41.8 Å². The second-order valence-corrected chi connectivity index (χ2v) is 6.53. The van der Waals surface area contributed by atoms with E-state index in [1.54, 1.807) is 4.31 Å². The predicted molar refractivity (Wildman–Crippen MR) is 99.2 cm³/mol. The van der Waals surface area contributed by atoms with Gasteiger partial charge >= 0.3 is 6.03 Å². The van der Waals surface area contributed by atoms with Gasteiger partial charge in [0.2, 0.25) is 0 Å².